The van der Waals surface area contributed by atoms with E-state index < -0.39 is 20.2 Å². The smallest absolute Gasteiger partial charge is 0.748 e. The molecule has 6 nitrogen and oxygen atoms in total. The van der Waals surface area contributed by atoms with Gasteiger partial charge in [-0.3, -0.25) is 0 Å². The van der Waals surface area contributed by atoms with Crippen molar-refractivity contribution < 1.29 is 25.9 Å². The molecule has 0 bridgehead atoms. The van der Waals surface area contributed by atoms with Gasteiger partial charge in [-0.15, -0.1) is 0 Å². The van der Waals surface area contributed by atoms with Crippen molar-refractivity contribution in [1.29, 1.82) is 0 Å². The molecule has 0 rings (SSSR count). The number of hydrogen-bond acceptors (Lipinski definition) is 6. The van der Waals surface area contributed by atoms with E-state index in [9.17, 15) is 25.9 Å². The molecule has 220 valence electrons. The van der Waals surface area contributed by atoms with Crippen molar-refractivity contribution >= 4 is 43.3 Å². The van der Waals surface area contributed by atoms with E-state index in [1.165, 1.54) is 116 Å². The van der Waals surface area contributed by atoms with Gasteiger partial charge in [0.05, 0.1) is 20.2 Å². The zero-order valence-electron chi connectivity index (χ0n) is 24.4. The SMILES string of the molecule is CCCCCCCCCCCCCCS(=O)(=O)[O-].CCCCCCCCCCCCCCS(=O)(=O)[O-].[Mg+2]. The summed E-state index contributed by atoms with van der Waals surface area (Å²) < 4.78 is 62.1. The molecular formula is C28H58MgO6S2. The predicted molar refractivity (Wildman–Crippen MR) is 157 cm³/mol. The van der Waals surface area contributed by atoms with E-state index in [0.717, 1.165) is 25.7 Å². The zero-order chi connectivity index (χ0) is 27.4. The minimum absolute atomic E-state index is 0. The Hall–Kier alpha value is 0.586. The Morgan fingerprint density at radius 3 is 0.676 bits per heavy atom. The molecule has 0 N–H and O–H groups in total. The van der Waals surface area contributed by atoms with Crippen molar-refractivity contribution in [1.82, 2.24) is 0 Å². The Bertz CT molecular complexity index is 583. The molecule has 0 atom stereocenters. The van der Waals surface area contributed by atoms with Crippen LogP contribution in [-0.4, -0.2) is 60.5 Å². The molecule has 0 saturated heterocycles. The van der Waals surface area contributed by atoms with Crippen molar-refractivity contribution in [3.8, 4) is 0 Å². The first kappa shape index (κ1) is 42.1. The molecule has 0 unspecified atom stereocenters. The van der Waals surface area contributed by atoms with E-state index in [1.807, 2.05) is 0 Å². The van der Waals surface area contributed by atoms with Crippen LogP contribution in [0.15, 0.2) is 0 Å². The number of rotatable bonds is 26. The van der Waals surface area contributed by atoms with Crippen molar-refractivity contribution in [2.24, 2.45) is 0 Å². The molecule has 0 aromatic heterocycles. The molecule has 0 aromatic rings. The zero-order valence-corrected chi connectivity index (χ0v) is 27.4. The fraction of sp³-hybridized carbons (Fsp3) is 1.00. The fourth-order valence-electron chi connectivity index (χ4n) is 4.24. The van der Waals surface area contributed by atoms with Gasteiger partial charge in [-0.1, -0.05) is 155 Å². The van der Waals surface area contributed by atoms with Gasteiger partial charge >= 0.3 is 23.1 Å². The van der Waals surface area contributed by atoms with Crippen LogP contribution in [-0.2, 0) is 20.2 Å². The van der Waals surface area contributed by atoms with Gasteiger partial charge in [0.1, 0.15) is 0 Å². The van der Waals surface area contributed by atoms with Crippen LogP contribution in [0, 0.1) is 0 Å². The number of unbranched alkanes of at least 4 members (excludes halogenated alkanes) is 22. The summed E-state index contributed by atoms with van der Waals surface area (Å²) in [6.07, 6.45) is 28.6. The summed E-state index contributed by atoms with van der Waals surface area (Å²) in [6.45, 7) is 4.47. The van der Waals surface area contributed by atoms with E-state index in [2.05, 4.69) is 13.8 Å². The Kier molecular flexibility index (Phi) is 35.4. The molecule has 0 spiro atoms. The van der Waals surface area contributed by atoms with Crippen LogP contribution < -0.4 is 0 Å². The first-order chi connectivity index (χ1) is 17.1. The Labute approximate surface area is 247 Å². The van der Waals surface area contributed by atoms with E-state index in [4.69, 9.17) is 0 Å². The fourth-order valence-corrected chi connectivity index (χ4v) is 5.36. The maximum Gasteiger partial charge on any atom is 2.00 e. The van der Waals surface area contributed by atoms with Crippen molar-refractivity contribution in [2.75, 3.05) is 11.5 Å². The summed E-state index contributed by atoms with van der Waals surface area (Å²) in [7, 11) is -7.97. The summed E-state index contributed by atoms with van der Waals surface area (Å²) in [5, 5.41) is 0. The average Bonchev–Trinajstić information content (AvgIpc) is 2.79. The van der Waals surface area contributed by atoms with Gasteiger partial charge in [-0.25, -0.2) is 16.8 Å². The van der Waals surface area contributed by atoms with Crippen LogP contribution in [0.1, 0.15) is 168 Å². The quantitative estimate of drug-likeness (QED) is 0.0582. The molecule has 0 aliphatic heterocycles. The van der Waals surface area contributed by atoms with Crippen molar-refractivity contribution in [2.45, 2.75) is 168 Å². The third-order valence-corrected chi connectivity index (χ3v) is 8.07. The van der Waals surface area contributed by atoms with Crippen molar-refractivity contribution in [3.63, 3.8) is 0 Å². The third-order valence-electron chi connectivity index (χ3n) is 6.50. The first-order valence-electron chi connectivity index (χ1n) is 15.0. The molecule has 0 heterocycles. The molecule has 0 saturated carbocycles. The van der Waals surface area contributed by atoms with Crippen LogP contribution in [0.3, 0.4) is 0 Å². The van der Waals surface area contributed by atoms with Gasteiger partial charge in [0.2, 0.25) is 0 Å². The molecule has 0 aromatic carbocycles. The summed E-state index contributed by atoms with van der Waals surface area (Å²) in [6, 6.07) is 0. The molecule has 0 aliphatic rings. The summed E-state index contributed by atoms with van der Waals surface area (Å²) in [4.78, 5) is 0. The Morgan fingerprint density at radius 2 is 0.514 bits per heavy atom. The first-order valence-corrected chi connectivity index (χ1v) is 18.1. The second-order valence-corrected chi connectivity index (χ2v) is 13.3. The number of hydrogen-bond donors (Lipinski definition) is 0. The van der Waals surface area contributed by atoms with E-state index in [1.54, 1.807) is 0 Å². The maximum absolute atomic E-state index is 10.4. The van der Waals surface area contributed by atoms with Crippen LogP contribution in [0.2, 0.25) is 0 Å². The van der Waals surface area contributed by atoms with E-state index >= 15 is 0 Å². The second-order valence-electron chi connectivity index (χ2n) is 10.3. The van der Waals surface area contributed by atoms with Gasteiger partial charge in [-0.05, 0) is 12.8 Å². The van der Waals surface area contributed by atoms with Gasteiger partial charge in [-0.2, -0.15) is 0 Å². The monoisotopic (exact) mass is 578 g/mol. The molecular weight excluding hydrogens is 521 g/mol. The van der Waals surface area contributed by atoms with Crippen LogP contribution in [0.25, 0.3) is 0 Å². The normalized spacial score (nSPS) is 11.6. The molecule has 9 heteroatoms. The van der Waals surface area contributed by atoms with Gasteiger partial charge in [0.25, 0.3) is 0 Å². The minimum atomic E-state index is -3.99. The summed E-state index contributed by atoms with van der Waals surface area (Å²) in [5.74, 6) is -0.380. The Morgan fingerprint density at radius 1 is 0.351 bits per heavy atom. The summed E-state index contributed by atoms with van der Waals surface area (Å²) in [5.41, 5.74) is 0. The van der Waals surface area contributed by atoms with E-state index in [-0.39, 0.29) is 34.6 Å². The van der Waals surface area contributed by atoms with E-state index in [0.29, 0.717) is 12.8 Å². The predicted octanol–water partition coefficient (Wildman–Crippen LogP) is 8.08. The van der Waals surface area contributed by atoms with Crippen LogP contribution in [0.5, 0.6) is 0 Å². The largest absolute Gasteiger partial charge is 2.00 e. The summed E-state index contributed by atoms with van der Waals surface area (Å²) >= 11 is 0. The molecule has 0 radical (unpaired) electrons. The van der Waals surface area contributed by atoms with Crippen molar-refractivity contribution in [3.05, 3.63) is 0 Å². The average molecular weight is 579 g/mol. The topological polar surface area (TPSA) is 114 Å². The molecule has 0 fully saturated rings. The van der Waals surface area contributed by atoms with Crippen LogP contribution in [0.4, 0.5) is 0 Å². The third kappa shape index (κ3) is 46.8. The maximum atomic E-state index is 10.4. The van der Waals surface area contributed by atoms with Crippen LogP contribution >= 0.6 is 0 Å². The van der Waals surface area contributed by atoms with Gasteiger partial charge in [0, 0.05) is 11.5 Å². The minimum Gasteiger partial charge on any atom is -0.748 e. The molecule has 37 heavy (non-hydrogen) atoms. The molecule has 0 amide bonds. The van der Waals surface area contributed by atoms with Gasteiger partial charge < -0.3 is 9.11 Å². The van der Waals surface area contributed by atoms with Gasteiger partial charge in [0.15, 0.2) is 0 Å². The standard InChI is InChI=1S/2C14H30O3S.Mg/c2*1-2-3-4-5-6-7-8-9-10-11-12-13-14-18(15,16)17;/h2*2-14H2,1H3,(H,15,16,17);/q;;+2/p-2. The molecule has 0 aliphatic carbocycles. The Balaban J connectivity index is -0.000000608. The second kappa shape index (κ2) is 31.1.